The van der Waals surface area contributed by atoms with Crippen LogP contribution in [0, 0.1) is 6.92 Å². The van der Waals surface area contributed by atoms with Crippen molar-refractivity contribution in [2.24, 2.45) is 0 Å². The van der Waals surface area contributed by atoms with Gasteiger partial charge in [-0.1, -0.05) is 42.1 Å². The van der Waals surface area contributed by atoms with E-state index in [4.69, 9.17) is 4.74 Å². The molecule has 0 N–H and O–H groups in total. The number of carbonyl (C=O) groups is 1. The maximum Gasteiger partial charge on any atom is 0.235 e. The Bertz CT molecular complexity index is 1210. The van der Waals surface area contributed by atoms with E-state index in [1.54, 1.807) is 12.0 Å². The summed E-state index contributed by atoms with van der Waals surface area (Å²) in [6, 6.07) is 18.0. The van der Waals surface area contributed by atoms with Gasteiger partial charge in [0.05, 0.1) is 17.9 Å². The number of thioether (sulfide) groups is 1. The molecule has 4 rings (SSSR count). The second-order valence-electron chi connectivity index (χ2n) is 7.33. The fraction of sp³-hybridized carbons (Fsp3) is 0.261. The number of benzene rings is 2. The molecule has 154 valence electrons. The number of nitrogens with zero attached hydrogens (tertiary/aromatic N) is 4. The van der Waals surface area contributed by atoms with Gasteiger partial charge in [-0.3, -0.25) is 9.20 Å². The highest BCUT2D eigenvalue weighted by molar-refractivity contribution is 8.00. The summed E-state index contributed by atoms with van der Waals surface area (Å²) in [7, 11) is 3.48. The summed E-state index contributed by atoms with van der Waals surface area (Å²) in [4.78, 5) is 14.7. The molecule has 7 heteroatoms. The van der Waals surface area contributed by atoms with Gasteiger partial charge in [0.25, 0.3) is 0 Å². The van der Waals surface area contributed by atoms with Crippen LogP contribution in [0.2, 0.25) is 0 Å². The summed E-state index contributed by atoms with van der Waals surface area (Å²) in [6.45, 7) is 4.54. The highest BCUT2D eigenvalue weighted by Gasteiger charge is 2.22. The Labute approximate surface area is 179 Å². The Morgan fingerprint density at radius 3 is 2.67 bits per heavy atom. The lowest BCUT2D eigenvalue weighted by Crippen LogP contribution is -2.32. The van der Waals surface area contributed by atoms with Gasteiger partial charge in [-0.25, -0.2) is 0 Å². The third-order valence-corrected chi connectivity index (χ3v) is 6.17. The first-order valence-electron chi connectivity index (χ1n) is 9.76. The number of ether oxygens (including phenoxy) is 1. The van der Waals surface area contributed by atoms with Crippen molar-refractivity contribution in [2.45, 2.75) is 30.8 Å². The molecular weight excluding hydrogens is 396 g/mol. The SMILES string of the molecule is COc1ccc2c(C)cc3nnc(SC(C)C(=O)N(C)Cc4ccccc4)n3c2c1. The number of carbonyl (C=O) groups excluding carboxylic acids is 1. The van der Waals surface area contributed by atoms with Crippen molar-refractivity contribution in [3.63, 3.8) is 0 Å². The van der Waals surface area contributed by atoms with Gasteiger partial charge in [-0.05, 0) is 43.2 Å². The number of pyridine rings is 1. The molecule has 0 bridgehead atoms. The van der Waals surface area contributed by atoms with Gasteiger partial charge in [-0.2, -0.15) is 0 Å². The molecule has 0 radical (unpaired) electrons. The fourth-order valence-corrected chi connectivity index (χ4v) is 4.54. The highest BCUT2D eigenvalue weighted by atomic mass is 32.2. The summed E-state index contributed by atoms with van der Waals surface area (Å²) in [5.41, 5.74) is 3.95. The molecule has 2 aromatic carbocycles. The van der Waals surface area contributed by atoms with Crippen LogP contribution < -0.4 is 4.74 Å². The number of amides is 1. The van der Waals surface area contributed by atoms with Gasteiger partial charge >= 0.3 is 0 Å². The van der Waals surface area contributed by atoms with Crippen molar-refractivity contribution in [1.29, 1.82) is 0 Å². The van der Waals surface area contributed by atoms with Crippen molar-refractivity contribution in [3.8, 4) is 5.75 Å². The Morgan fingerprint density at radius 2 is 1.93 bits per heavy atom. The number of hydrogen-bond acceptors (Lipinski definition) is 5. The largest absolute Gasteiger partial charge is 0.497 e. The number of aromatic nitrogens is 3. The molecule has 0 saturated carbocycles. The van der Waals surface area contributed by atoms with Gasteiger partial charge in [0, 0.05) is 25.0 Å². The molecule has 0 aliphatic rings. The molecule has 1 atom stereocenters. The molecule has 0 aliphatic carbocycles. The van der Waals surface area contributed by atoms with Crippen LogP contribution in [-0.2, 0) is 11.3 Å². The normalized spacial score (nSPS) is 12.3. The van der Waals surface area contributed by atoms with Gasteiger partial charge in [0.1, 0.15) is 5.75 Å². The second-order valence-corrected chi connectivity index (χ2v) is 8.63. The summed E-state index contributed by atoms with van der Waals surface area (Å²) >= 11 is 1.42. The average Bonchev–Trinajstić information content (AvgIpc) is 3.15. The summed E-state index contributed by atoms with van der Waals surface area (Å²) in [6.07, 6.45) is 0. The maximum atomic E-state index is 13.0. The minimum atomic E-state index is -0.298. The predicted molar refractivity (Wildman–Crippen MR) is 120 cm³/mol. The van der Waals surface area contributed by atoms with Crippen molar-refractivity contribution in [3.05, 3.63) is 65.7 Å². The van der Waals surface area contributed by atoms with Gasteiger partial charge in [-0.15, -0.1) is 10.2 Å². The lowest BCUT2D eigenvalue weighted by Gasteiger charge is -2.21. The third kappa shape index (κ3) is 3.85. The summed E-state index contributed by atoms with van der Waals surface area (Å²) < 4.78 is 7.41. The molecule has 0 spiro atoms. The number of methoxy groups -OCH3 is 1. The zero-order valence-electron chi connectivity index (χ0n) is 17.5. The lowest BCUT2D eigenvalue weighted by molar-refractivity contribution is -0.129. The van der Waals surface area contributed by atoms with E-state index in [0.29, 0.717) is 11.7 Å². The quantitative estimate of drug-likeness (QED) is 0.434. The standard InChI is InChI=1S/C23H24N4O2S/c1-15-12-21-24-25-23(27(21)20-13-18(29-4)10-11-19(15)20)30-16(2)22(28)26(3)14-17-8-6-5-7-9-17/h5-13,16H,14H2,1-4H3. The molecule has 1 amide bonds. The monoisotopic (exact) mass is 420 g/mol. The molecule has 30 heavy (non-hydrogen) atoms. The van der Waals surface area contributed by atoms with E-state index in [1.165, 1.54) is 11.8 Å². The fourth-order valence-electron chi connectivity index (χ4n) is 3.56. The van der Waals surface area contributed by atoms with Crippen LogP contribution in [0.1, 0.15) is 18.1 Å². The van der Waals surface area contributed by atoms with Crippen molar-refractivity contribution in [1.82, 2.24) is 19.5 Å². The van der Waals surface area contributed by atoms with Gasteiger partial charge < -0.3 is 9.64 Å². The molecule has 4 aromatic rings. The van der Waals surface area contributed by atoms with E-state index in [1.807, 2.05) is 73.0 Å². The van der Waals surface area contributed by atoms with Crippen LogP contribution in [0.5, 0.6) is 5.75 Å². The smallest absolute Gasteiger partial charge is 0.235 e. The zero-order valence-corrected chi connectivity index (χ0v) is 18.3. The average molecular weight is 421 g/mol. The molecule has 0 saturated heterocycles. The molecule has 6 nitrogen and oxygen atoms in total. The van der Waals surface area contributed by atoms with Crippen LogP contribution in [-0.4, -0.2) is 44.8 Å². The molecule has 2 heterocycles. The van der Waals surface area contributed by atoms with Crippen molar-refractivity contribution >= 4 is 34.2 Å². The van der Waals surface area contributed by atoms with E-state index < -0.39 is 0 Å². The van der Waals surface area contributed by atoms with Gasteiger partial charge in [0.15, 0.2) is 10.8 Å². The first kappa shape index (κ1) is 20.2. The predicted octanol–water partition coefficient (Wildman–Crippen LogP) is 4.34. The highest BCUT2D eigenvalue weighted by Crippen LogP contribution is 2.30. The minimum Gasteiger partial charge on any atom is -0.497 e. The number of hydrogen-bond donors (Lipinski definition) is 0. The third-order valence-electron chi connectivity index (χ3n) is 5.14. The van der Waals surface area contributed by atoms with E-state index in [-0.39, 0.29) is 11.2 Å². The summed E-state index contributed by atoms with van der Waals surface area (Å²) in [5.74, 6) is 0.820. The first-order chi connectivity index (χ1) is 14.5. The molecule has 0 fully saturated rings. The van der Waals surface area contributed by atoms with E-state index >= 15 is 0 Å². The Balaban J connectivity index is 1.63. The van der Waals surface area contributed by atoms with E-state index in [2.05, 4.69) is 17.1 Å². The maximum absolute atomic E-state index is 13.0. The number of rotatable bonds is 6. The molecule has 0 aliphatic heterocycles. The molecular formula is C23H24N4O2S. The topological polar surface area (TPSA) is 59.7 Å². The minimum absolute atomic E-state index is 0.0506. The van der Waals surface area contributed by atoms with E-state index in [9.17, 15) is 4.79 Å². The number of fused-ring (bicyclic) bond motifs is 3. The second kappa shape index (κ2) is 8.36. The number of aryl methyl sites for hydroxylation is 1. The van der Waals surface area contributed by atoms with Crippen LogP contribution in [0.3, 0.4) is 0 Å². The van der Waals surface area contributed by atoms with Crippen LogP contribution in [0.4, 0.5) is 0 Å². The Kier molecular flexibility index (Phi) is 5.63. The summed E-state index contributed by atoms with van der Waals surface area (Å²) in [5, 5.41) is 10.2. The van der Waals surface area contributed by atoms with Crippen molar-refractivity contribution in [2.75, 3.05) is 14.2 Å². The van der Waals surface area contributed by atoms with Crippen molar-refractivity contribution < 1.29 is 9.53 Å². The molecule has 1 unspecified atom stereocenters. The molecule has 2 aromatic heterocycles. The Morgan fingerprint density at radius 1 is 1.17 bits per heavy atom. The van der Waals surface area contributed by atoms with Crippen LogP contribution in [0.15, 0.2) is 59.8 Å². The first-order valence-corrected chi connectivity index (χ1v) is 10.6. The van der Waals surface area contributed by atoms with Crippen LogP contribution >= 0.6 is 11.8 Å². The zero-order chi connectivity index (χ0) is 21.3. The van der Waals surface area contributed by atoms with E-state index in [0.717, 1.165) is 33.4 Å². The lowest BCUT2D eigenvalue weighted by atomic mass is 10.1. The Hall–Kier alpha value is -3.06. The van der Waals surface area contributed by atoms with Gasteiger partial charge in [0.2, 0.25) is 5.91 Å². The van der Waals surface area contributed by atoms with Crippen LogP contribution in [0.25, 0.3) is 16.6 Å².